The van der Waals surface area contributed by atoms with Gasteiger partial charge in [-0.1, -0.05) is 37.1 Å². The summed E-state index contributed by atoms with van der Waals surface area (Å²) < 4.78 is 11.4. The van der Waals surface area contributed by atoms with E-state index >= 15 is 0 Å². The Morgan fingerprint density at radius 3 is 1.96 bits per heavy atom. The van der Waals surface area contributed by atoms with Gasteiger partial charge in [-0.25, -0.2) is 0 Å². The molecule has 1 aliphatic carbocycles. The predicted octanol–water partition coefficient (Wildman–Crippen LogP) is 4.82. The molecule has 0 atom stereocenters. The van der Waals surface area contributed by atoms with Gasteiger partial charge in [0, 0.05) is 6.42 Å². The minimum absolute atomic E-state index is 0.146. The molecule has 1 fully saturated rings. The first-order valence-electron chi connectivity index (χ1n) is 9.37. The van der Waals surface area contributed by atoms with Crippen LogP contribution in [0.2, 0.25) is 0 Å². The van der Waals surface area contributed by atoms with Crippen molar-refractivity contribution < 1.29 is 19.4 Å². The van der Waals surface area contributed by atoms with Crippen molar-refractivity contribution in [3.05, 3.63) is 59.7 Å². The molecule has 0 saturated heterocycles. The van der Waals surface area contributed by atoms with E-state index in [2.05, 4.69) is 12.1 Å². The molecule has 138 valence electrons. The smallest absolute Gasteiger partial charge is 0.303 e. The second-order valence-corrected chi connectivity index (χ2v) is 6.79. The van der Waals surface area contributed by atoms with Crippen LogP contribution in [0.1, 0.15) is 49.1 Å². The normalized spacial score (nSPS) is 14.3. The highest BCUT2D eigenvalue weighted by molar-refractivity contribution is 5.67. The first-order chi connectivity index (χ1) is 12.7. The van der Waals surface area contributed by atoms with Gasteiger partial charge in [0.05, 0.1) is 0 Å². The van der Waals surface area contributed by atoms with E-state index in [-0.39, 0.29) is 6.42 Å². The summed E-state index contributed by atoms with van der Waals surface area (Å²) >= 11 is 0. The monoisotopic (exact) mass is 354 g/mol. The van der Waals surface area contributed by atoms with Gasteiger partial charge in [-0.15, -0.1) is 0 Å². The number of carboxylic acid groups (broad SMARTS) is 1. The second-order valence-electron chi connectivity index (χ2n) is 6.79. The molecule has 26 heavy (non-hydrogen) atoms. The molecule has 0 aliphatic heterocycles. The van der Waals surface area contributed by atoms with E-state index < -0.39 is 5.97 Å². The lowest BCUT2D eigenvalue weighted by Gasteiger charge is -2.12. The van der Waals surface area contributed by atoms with Gasteiger partial charge in [-0.05, 0) is 60.6 Å². The Labute approximate surface area is 154 Å². The summed E-state index contributed by atoms with van der Waals surface area (Å²) in [7, 11) is 0. The maximum atomic E-state index is 10.6. The van der Waals surface area contributed by atoms with Crippen LogP contribution in [0.25, 0.3) is 0 Å². The summed E-state index contributed by atoms with van der Waals surface area (Å²) in [4.78, 5) is 10.6. The summed E-state index contributed by atoms with van der Waals surface area (Å²) in [5.74, 6) is 1.59. The van der Waals surface area contributed by atoms with Crippen molar-refractivity contribution in [1.82, 2.24) is 0 Å². The highest BCUT2D eigenvalue weighted by Gasteiger charge is 2.16. The summed E-state index contributed by atoms with van der Waals surface area (Å²) in [6, 6.07) is 16.0. The number of aliphatic carboxylic acids is 1. The Kier molecular flexibility index (Phi) is 6.53. The molecule has 0 amide bonds. The lowest BCUT2D eigenvalue weighted by molar-refractivity contribution is -0.136. The Morgan fingerprint density at radius 2 is 1.42 bits per heavy atom. The van der Waals surface area contributed by atoms with Crippen molar-refractivity contribution in [3.63, 3.8) is 0 Å². The lowest BCUT2D eigenvalue weighted by atomic mass is 9.98. The standard InChI is InChI=1S/C22H26O4/c23-22(24)14-7-17-5-10-20(11-6-17)25-15-16-26-21-12-8-19(9-13-21)18-3-1-2-4-18/h5-6,8-13,18H,1-4,7,14-16H2,(H,23,24). The van der Waals surface area contributed by atoms with Gasteiger partial charge in [0.2, 0.25) is 0 Å². The number of rotatable bonds is 9. The van der Waals surface area contributed by atoms with Gasteiger partial charge in [-0.2, -0.15) is 0 Å². The molecule has 2 aromatic carbocycles. The fourth-order valence-corrected chi connectivity index (χ4v) is 3.42. The van der Waals surface area contributed by atoms with Gasteiger partial charge < -0.3 is 14.6 Å². The van der Waals surface area contributed by atoms with E-state index in [0.717, 1.165) is 23.0 Å². The molecular formula is C22H26O4. The summed E-state index contributed by atoms with van der Waals surface area (Å²) in [5, 5.41) is 8.70. The van der Waals surface area contributed by atoms with E-state index in [9.17, 15) is 4.79 Å². The SMILES string of the molecule is O=C(O)CCc1ccc(OCCOc2ccc(C3CCCC3)cc2)cc1. The molecular weight excluding hydrogens is 328 g/mol. The van der Waals surface area contributed by atoms with Crippen molar-refractivity contribution in [2.75, 3.05) is 13.2 Å². The number of hydrogen-bond donors (Lipinski definition) is 1. The van der Waals surface area contributed by atoms with Crippen molar-refractivity contribution in [2.24, 2.45) is 0 Å². The van der Waals surface area contributed by atoms with Crippen LogP contribution in [0.3, 0.4) is 0 Å². The van der Waals surface area contributed by atoms with Crippen molar-refractivity contribution in [3.8, 4) is 11.5 Å². The largest absolute Gasteiger partial charge is 0.490 e. The molecule has 0 unspecified atom stereocenters. The van der Waals surface area contributed by atoms with Crippen LogP contribution < -0.4 is 9.47 Å². The molecule has 4 heteroatoms. The van der Waals surface area contributed by atoms with Crippen LogP contribution in [-0.2, 0) is 11.2 Å². The van der Waals surface area contributed by atoms with E-state index in [1.165, 1.54) is 31.2 Å². The van der Waals surface area contributed by atoms with Gasteiger partial charge in [0.1, 0.15) is 24.7 Å². The molecule has 2 aromatic rings. The van der Waals surface area contributed by atoms with Gasteiger partial charge in [0.15, 0.2) is 0 Å². The van der Waals surface area contributed by atoms with E-state index in [1.54, 1.807) is 0 Å². The first-order valence-corrected chi connectivity index (χ1v) is 9.37. The maximum absolute atomic E-state index is 10.6. The van der Waals surface area contributed by atoms with E-state index in [4.69, 9.17) is 14.6 Å². The summed E-state index contributed by atoms with van der Waals surface area (Å²) in [6.07, 6.45) is 6.00. The van der Waals surface area contributed by atoms with Crippen LogP contribution in [0, 0.1) is 0 Å². The zero-order valence-electron chi connectivity index (χ0n) is 15.0. The number of hydrogen-bond acceptors (Lipinski definition) is 3. The molecule has 4 nitrogen and oxygen atoms in total. The van der Waals surface area contributed by atoms with Gasteiger partial charge in [0.25, 0.3) is 0 Å². The van der Waals surface area contributed by atoms with Crippen LogP contribution in [0.5, 0.6) is 11.5 Å². The average Bonchev–Trinajstić information content (AvgIpc) is 3.20. The molecule has 0 spiro atoms. The van der Waals surface area contributed by atoms with E-state index in [1.807, 2.05) is 36.4 Å². The highest BCUT2D eigenvalue weighted by atomic mass is 16.5. The third-order valence-corrected chi connectivity index (χ3v) is 4.88. The van der Waals surface area contributed by atoms with Crippen molar-refractivity contribution in [2.45, 2.75) is 44.4 Å². The zero-order chi connectivity index (χ0) is 18.2. The summed E-state index contributed by atoms with van der Waals surface area (Å²) in [6.45, 7) is 0.961. The number of carbonyl (C=O) groups is 1. The lowest BCUT2D eigenvalue weighted by Crippen LogP contribution is -2.09. The number of aryl methyl sites for hydroxylation is 1. The Bertz CT molecular complexity index is 685. The minimum Gasteiger partial charge on any atom is -0.490 e. The van der Waals surface area contributed by atoms with Crippen LogP contribution in [-0.4, -0.2) is 24.3 Å². The van der Waals surface area contributed by atoms with Gasteiger partial charge >= 0.3 is 5.97 Å². The number of ether oxygens (including phenoxy) is 2. The molecule has 0 bridgehead atoms. The molecule has 1 N–H and O–H groups in total. The average molecular weight is 354 g/mol. The molecule has 3 rings (SSSR count). The molecule has 1 aliphatic rings. The highest BCUT2D eigenvalue weighted by Crippen LogP contribution is 2.34. The zero-order valence-corrected chi connectivity index (χ0v) is 15.0. The first kappa shape index (κ1) is 18.3. The molecule has 0 aromatic heterocycles. The quantitative estimate of drug-likeness (QED) is 0.656. The van der Waals surface area contributed by atoms with E-state index in [0.29, 0.717) is 19.6 Å². The Balaban J connectivity index is 1.37. The van der Waals surface area contributed by atoms with Crippen LogP contribution >= 0.6 is 0 Å². The topological polar surface area (TPSA) is 55.8 Å². The van der Waals surface area contributed by atoms with Crippen molar-refractivity contribution >= 4 is 5.97 Å². The van der Waals surface area contributed by atoms with Gasteiger partial charge in [-0.3, -0.25) is 4.79 Å². The Hall–Kier alpha value is -2.49. The number of benzene rings is 2. The minimum atomic E-state index is -0.779. The predicted molar refractivity (Wildman–Crippen MR) is 101 cm³/mol. The number of carboxylic acids is 1. The fourth-order valence-electron chi connectivity index (χ4n) is 3.42. The third-order valence-electron chi connectivity index (χ3n) is 4.88. The molecule has 0 heterocycles. The Morgan fingerprint density at radius 1 is 0.885 bits per heavy atom. The molecule has 1 saturated carbocycles. The fraction of sp³-hybridized carbons (Fsp3) is 0.409. The summed E-state index contributed by atoms with van der Waals surface area (Å²) in [5.41, 5.74) is 2.42. The van der Waals surface area contributed by atoms with Crippen LogP contribution in [0.4, 0.5) is 0 Å². The second kappa shape index (κ2) is 9.27. The maximum Gasteiger partial charge on any atom is 0.303 e. The van der Waals surface area contributed by atoms with Crippen molar-refractivity contribution in [1.29, 1.82) is 0 Å². The third kappa shape index (κ3) is 5.51. The van der Waals surface area contributed by atoms with Crippen LogP contribution in [0.15, 0.2) is 48.5 Å². The molecule has 0 radical (unpaired) electrons.